The van der Waals surface area contributed by atoms with E-state index in [9.17, 15) is 31.7 Å². The topological polar surface area (TPSA) is 116 Å². The van der Waals surface area contributed by atoms with E-state index in [4.69, 9.17) is 0 Å². The molecule has 0 unspecified atom stereocenters. The molecule has 4 amide bonds. The number of rotatable bonds is 8. The monoisotopic (exact) mass is 526 g/mol. The standard InChI is InChI=1S/C24H32F2N4O5S/c1-4-20-17(3)15-29(22(20)32)27-21(31)10-7-18-5-8-19(9-6-18)36(34,35)28-23(33)30(26)24(25)13-11-16(2)12-14-24/h5-6,8-9,16H,4,7,10-15H2,1-3H3,(H,27,31)(H,28,33). The number of nitrogens with one attached hydrogen (secondary N) is 2. The van der Waals surface area contributed by atoms with Crippen molar-refractivity contribution in [1.82, 2.24) is 20.3 Å². The van der Waals surface area contributed by atoms with Gasteiger partial charge in [0.25, 0.3) is 15.9 Å². The van der Waals surface area contributed by atoms with Gasteiger partial charge in [-0.2, -0.15) is 0 Å². The van der Waals surface area contributed by atoms with Gasteiger partial charge in [0.2, 0.25) is 11.7 Å². The van der Waals surface area contributed by atoms with E-state index >= 15 is 0 Å². The molecule has 1 aliphatic carbocycles. The molecule has 3 rings (SSSR count). The van der Waals surface area contributed by atoms with Crippen LogP contribution in [0, 0.1) is 5.92 Å². The number of benzene rings is 1. The highest BCUT2D eigenvalue weighted by molar-refractivity contribution is 7.90. The van der Waals surface area contributed by atoms with Crippen molar-refractivity contribution in [3.05, 3.63) is 41.0 Å². The minimum absolute atomic E-state index is 0.0567. The zero-order valence-electron chi connectivity index (χ0n) is 20.6. The van der Waals surface area contributed by atoms with E-state index in [1.165, 1.54) is 29.3 Å². The Morgan fingerprint density at radius 1 is 1.19 bits per heavy atom. The van der Waals surface area contributed by atoms with Crippen molar-refractivity contribution in [3.63, 3.8) is 0 Å². The van der Waals surface area contributed by atoms with Crippen LogP contribution in [0.4, 0.5) is 13.7 Å². The van der Waals surface area contributed by atoms with Crippen LogP contribution in [0.1, 0.15) is 64.9 Å². The first-order valence-electron chi connectivity index (χ1n) is 12.0. The van der Waals surface area contributed by atoms with E-state index in [0.29, 0.717) is 36.9 Å². The third kappa shape index (κ3) is 6.21. The fourth-order valence-corrected chi connectivity index (χ4v) is 5.31. The first kappa shape index (κ1) is 27.6. The molecule has 1 heterocycles. The number of halogens is 2. The van der Waals surface area contributed by atoms with Crippen LogP contribution in [0.15, 0.2) is 40.3 Å². The molecule has 0 aromatic heterocycles. The summed E-state index contributed by atoms with van der Waals surface area (Å²) in [7, 11) is -4.44. The summed E-state index contributed by atoms with van der Waals surface area (Å²) in [6.07, 6.45) is 1.28. The summed E-state index contributed by atoms with van der Waals surface area (Å²) in [4.78, 5) is 36.3. The largest absolute Gasteiger partial charge is 0.362 e. The molecule has 1 aromatic rings. The highest BCUT2D eigenvalue weighted by Gasteiger charge is 2.44. The van der Waals surface area contributed by atoms with Crippen LogP contribution in [-0.4, -0.2) is 48.7 Å². The lowest BCUT2D eigenvalue weighted by Gasteiger charge is -2.35. The number of sulfonamides is 1. The van der Waals surface area contributed by atoms with E-state index in [1.807, 2.05) is 20.8 Å². The van der Waals surface area contributed by atoms with Crippen LogP contribution >= 0.6 is 0 Å². The van der Waals surface area contributed by atoms with Gasteiger partial charge in [-0.3, -0.25) is 15.0 Å². The quantitative estimate of drug-likeness (QED) is 0.396. The van der Waals surface area contributed by atoms with E-state index in [1.54, 1.807) is 4.72 Å². The number of urea groups is 1. The molecule has 0 atom stereocenters. The summed E-state index contributed by atoms with van der Waals surface area (Å²) in [6.45, 7) is 5.96. The van der Waals surface area contributed by atoms with E-state index < -0.39 is 27.0 Å². The van der Waals surface area contributed by atoms with Gasteiger partial charge in [0.05, 0.1) is 11.4 Å². The lowest BCUT2D eigenvalue weighted by atomic mass is 9.85. The number of carbonyl (C=O) groups excluding carboxylic acids is 3. The summed E-state index contributed by atoms with van der Waals surface area (Å²) >= 11 is 0. The summed E-state index contributed by atoms with van der Waals surface area (Å²) in [6, 6.07) is 3.66. The lowest BCUT2D eigenvalue weighted by molar-refractivity contribution is -0.138. The first-order chi connectivity index (χ1) is 16.9. The van der Waals surface area contributed by atoms with Gasteiger partial charge < -0.3 is 0 Å². The van der Waals surface area contributed by atoms with Gasteiger partial charge in [-0.25, -0.2) is 27.3 Å². The van der Waals surface area contributed by atoms with E-state index in [-0.39, 0.29) is 48.3 Å². The molecule has 1 aromatic carbocycles. The second kappa shape index (κ2) is 10.9. The molecule has 2 aliphatic rings. The number of nitrogens with zero attached hydrogens (tertiary/aromatic N) is 2. The fourth-order valence-electron chi connectivity index (χ4n) is 4.39. The number of aryl methyl sites for hydroxylation is 1. The molecular formula is C24H32F2N4O5S. The SMILES string of the molecule is CCC1=C(C)CN(NC(=O)CCc2ccc(S(=O)(=O)NC(=O)N(F)C3(F)CCC(C)CC3)cc2)C1=O. The van der Waals surface area contributed by atoms with Crippen LogP contribution in [0.2, 0.25) is 0 Å². The number of amides is 4. The van der Waals surface area contributed by atoms with Gasteiger partial charge in [0.1, 0.15) is 0 Å². The zero-order chi connectivity index (χ0) is 26.7. The Morgan fingerprint density at radius 2 is 1.81 bits per heavy atom. The van der Waals surface area contributed by atoms with Crippen molar-refractivity contribution >= 4 is 27.9 Å². The van der Waals surface area contributed by atoms with Gasteiger partial charge in [0, 0.05) is 24.8 Å². The fraction of sp³-hybridized carbons (Fsp3) is 0.542. The van der Waals surface area contributed by atoms with Crippen LogP contribution < -0.4 is 10.1 Å². The highest BCUT2D eigenvalue weighted by Crippen LogP contribution is 2.38. The summed E-state index contributed by atoms with van der Waals surface area (Å²) in [5.74, 6) is -2.92. The van der Waals surface area contributed by atoms with E-state index in [2.05, 4.69) is 5.43 Å². The smallest absolute Gasteiger partial charge is 0.273 e. The van der Waals surface area contributed by atoms with Crippen LogP contribution in [0.3, 0.4) is 0 Å². The average Bonchev–Trinajstić information content (AvgIpc) is 3.10. The molecule has 9 nitrogen and oxygen atoms in total. The molecule has 12 heteroatoms. The Morgan fingerprint density at radius 3 is 2.36 bits per heavy atom. The molecule has 0 bridgehead atoms. The summed E-state index contributed by atoms with van der Waals surface area (Å²) < 4.78 is 55.8. The normalized spacial score (nSPS) is 22.5. The van der Waals surface area contributed by atoms with Crippen LogP contribution in [-0.2, 0) is 26.0 Å². The van der Waals surface area contributed by atoms with Gasteiger partial charge in [-0.05, 0) is 61.8 Å². The predicted molar refractivity (Wildman–Crippen MR) is 128 cm³/mol. The Labute approximate surface area is 209 Å². The first-order valence-corrected chi connectivity index (χ1v) is 13.4. The third-order valence-corrected chi connectivity index (χ3v) is 8.03. The minimum Gasteiger partial charge on any atom is -0.273 e. The van der Waals surface area contributed by atoms with Crippen molar-refractivity contribution in [2.24, 2.45) is 5.92 Å². The molecule has 0 radical (unpaired) electrons. The second-order valence-electron chi connectivity index (χ2n) is 9.47. The molecule has 1 fully saturated rings. The maximum Gasteiger partial charge on any atom is 0.362 e. The van der Waals surface area contributed by atoms with Gasteiger partial charge in [0.15, 0.2) is 0 Å². The van der Waals surface area contributed by atoms with Crippen molar-refractivity contribution < 1.29 is 31.7 Å². The Balaban J connectivity index is 1.53. The van der Waals surface area contributed by atoms with E-state index in [0.717, 1.165) is 5.57 Å². The van der Waals surface area contributed by atoms with Gasteiger partial charge in [-0.15, -0.1) is 5.12 Å². The van der Waals surface area contributed by atoms with Crippen LogP contribution in [0.25, 0.3) is 0 Å². The molecule has 1 saturated carbocycles. The third-order valence-electron chi connectivity index (χ3n) is 6.69. The minimum atomic E-state index is -4.44. The average molecular weight is 527 g/mol. The lowest BCUT2D eigenvalue weighted by Crippen LogP contribution is -2.50. The maximum absolute atomic E-state index is 14.8. The number of hydrogen-bond acceptors (Lipinski definition) is 5. The van der Waals surface area contributed by atoms with Crippen molar-refractivity contribution in [1.29, 1.82) is 0 Å². The Bertz CT molecular complexity index is 1150. The molecule has 1 aliphatic heterocycles. The molecule has 2 N–H and O–H groups in total. The molecule has 36 heavy (non-hydrogen) atoms. The highest BCUT2D eigenvalue weighted by atomic mass is 32.2. The van der Waals surface area contributed by atoms with Gasteiger partial charge >= 0.3 is 6.03 Å². The number of alkyl halides is 1. The van der Waals surface area contributed by atoms with Crippen molar-refractivity contribution in [2.45, 2.75) is 76.4 Å². The molecule has 198 valence electrons. The Kier molecular flexibility index (Phi) is 8.37. The molecular weight excluding hydrogens is 494 g/mol. The molecule has 0 spiro atoms. The second-order valence-corrected chi connectivity index (χ2v) is 11.2. The molecule has 0 saturated heterocycles. The van der Waals surface area contributed by atoms with Crippen LogP contribution in [0.5, 0.6) is 0 Å². The number of hydrazine groups is 1. The number of carbonyl (C=O) groups is 3. The van der Waals surface area contributed by atoms with Crippen molar-refractivity contribution in [2.75, 3.05) is 6.54 Å². The Hall–Kier alpha value is -3.02. The summed E-state index contributed by atoms with van der Waals surface area (Å²) in [5.41, 5.74) is 4.82. The predicted octanol–water partition coefficient (Wildman–Crippen LogP) is 3.68. The van der Waals surface area contributed by atoms with Gasteiger partial charge in [-0.1, -0.05) is 30.5 Å². The zero-order valence-corrected chi connectivity index (χ0v) is 21.5. The van der Waals surface area contributed by atoms with Crippen molar-refractivity contribution in [3.8, 4) is 0 Å². The maximum atomic E-state index is 14.8. The number of hydrogen-bond donors (Lipinski definition) is 2. The summed E-state index contributed by atoms with van der Waals surface area (Å²) in [5, 5.41) is 0.619.